The lowest BCUT2D eigenvalue weighted by Gasteiger charge is -2.15. The van der Waals surface area contributed by atoms with Crippen molar-refractivity contribution in [2.24, 2.45) is 5.92 Å². The van der Waals surface area contributed by atoms with E-state index in [4.69, 9.17) is 5.11 Å². The fourth-order valence-corrected chi connectivity index (χ4v) is 0.849. The molecule has 0 aliphatic rings. The number of aliphatic carboxylic acids is 1. The Morgan fingerprint density at radius 2 is 1.94 bits per heavy atom. The number of esters is 1. The second-order valence-electron chi connectivity index (χ2n) is 2.93. The summed E-state index contributed by atoms with van der Waals surface area (Å²) in [7, 11) is 0. The molecule has 0 spiro atoms. The lowest BCUT2D eigenvalue weighted by molar-refractivity contribution is -0.188. The standard InChI is InChI=1S/C9H11F3O4/c1-3-16-8(15)6(9(10,11)12)4-5(2)7(13)14/h4,6H,3H2,1-2H3,(H,13,14)/b5-4+. The van der Waals surface area contributed by atoms with Crippen molar-refractivity contribution >= 4 is 11.9 Å². The van der Waals surface area contributed by atoms with Gasteiger partial charge in [-0.05, 0) is 13.8 Å². The van der Waals surface area contributed by atoms with Crippen molar-refractivity contribution in [2.45, 2.75) is 20.0 Å². The van der Waals surface area contributed by atoms with Crippen LogP contribution in [0, 0.1) is 5.92 Å². The highest BCUT2D eigenvalue weighted by Crippen LogP contribution is 2.29. The van der Waals surface area contributed by atoms with Gasteiger partial charge in [-0.15, -0.1) is 0 Å². The molecule has 1 unspecified atom stereocenters. The highest BCUT2D eigenvalue weighted by molar-refractivity contribution is 5.87. The monoisotopic (exact) mass is 240 g/mol. The first-order valence-corrected chi connectivity index (χ1v) is 4.35. The number of hydrogen-bond acceptors (Lipinski definition) is 3. The SMILES string of the molecule is CCOC(=O)C(/C=C(\C)C(=O)O)C(F)(F)F. The Morgan fingerprint density at radius 3 is 2.25 bits per heavy atom. The number of rotatable bonds is 4. The summed E-state index contributed by atoms with van der Waals surface area (Å²) < 4.78 is 41.4. The van der Waals surface area contributed by atoms with E-state index in [0.29, 0.717) is 6.08 Å². The fraction of sp³-hybridized carbons (Fsp3) is 0.556. The van der Waals surface area contributed by atoms with E-state index in [1.807, 2.05) is 0 Å². The van der Waals surface area contributed by atoms with Crippen LogP contribution in [0.5, 0.6) is 0 Å². The first-order valence-electron chi connectivity index (χ1n) is 4.35. The molecule has 1 atom stereocenters. The third-order valence-corrected chi connectivity index (χ3v) is 1.65. The maximum atomic E-state index is 12.4. The first kappa shape index (κ1) is 14.5. The number of carboxylic acid groups (broad SMARTS) is 1. The van der Waals surface area contributed by atoms with Crippen molar-refractivity contribution in [1.29, 1.82) is 0 Å². The van der Waals surface area contributed by atoms with Crippen molar-refractivity contribution < 1.29 is 32.6 Å². The maximum Gasteiger partial charge on any atom is 0.405 e. The minimum atomic E-state index is -4.86. The lowest BCUT2D eigenvalue weighted by atomic mass is 10.1. The molecule has 0 fully saturated rings. The van der Waals surface area contributed by atoms with Crippen molar-refractivity contribution in [2.75, 3.05) is 6.61 Å². The predicted octanol–water partition coefficient (Wildman–Crippen LogP) is 1.76. The number of alkyl halides is 3. The number of carbonyl (C=O) groups excluding carboxylic acids is 1. The quantitative estimate of drug-likeness (QED) is 0.600. The van der Waals surface area contributed by atoms with Gasteiger partial charge in [0.2, 0.25) is 0 Å². The zero-order valence-corrected chi connectivity index (χ0v) is 8.67. The molecule has 1 N–H and O–H groups in total. The van der Waals surface area contributed by atoms with E-state index in [2.05, 4.69) is 4.74 Å². The van der Waals surface area contributed by atoms with Crippen LogP contribution in [0.15, 0.2) is 11.6 Å². The summed E-state index contributed by atoms with van der Waals surface area (Å²) in [6, 6.07) is 0. The van der Waals surface area contributed by atoms with Gasteiger partial charge in [0, 0.05) is 5.57 Å². The van der Waals surface area contributed by atoms with Crippen LogP contribution in [0.4, 0.5) is 13.2 Å². The molecule has 0 aromatic carbocycles. The fourth-order valence-electron chi connectivity index (χ4n) is 0.849. The number of ether oxygens (including phenoxy) is 1. The van der Waals surface area contributed by atoms with Gasteiger partial charge < -0.3 is 9.84 Å². The van der Waals surface area contributed by atoms with E-state index < -0.39 is 29.6 Å². The van der Waals surface area contributed by atoms with Crippen molar-refractivity contribution in [3.8, 4) is 0 Å². The van der Waals surface area contributed by atoms with E-state index in [9.17, 15) is 22.8 Å². The number of carboxylic acids is 1. The average Bonchev–Trinajstić information content (AvgIpc) is 2.11. The van der Waals surface area contributed by atoms with Crippen molar-refractivity contribution in [3.63, 3.8) is 0 Å². The molecule has 4 nitrogen and oxygen atoms in total. The Morgan fingerprint density at radius 1 is 1.44 bits per heavy atom. The third-order valence-electron chi connectivity index (χ3n) is 1.65. The summed E-state index contributed by atoms with van der Waals surface area (Å²) in [6.07, 6.45) is -4.52. The van der Waals surface area contributed by atoms with Crippen LogP contribution in [-0.4, -0.2) is 29.8 Å². The van der Waals surface area contributed by atoms with E-state index in [1.165, 1.54) is 6.92 Å². The van der Waals surface area contributed by atoms with Gasteiger partial charge >= 0.3 is 18.1 Å². The molecule has 0 aromatic rings. The third kappa shape index (κ3) is 4.33. The van der Waals surface area contributed by atoms with Gasteiger partial charge in [-0.1, -0.05) is 6.08 Å². The number of hydrogen-bond donors (Lipinski definition) is 1. The molecule has 16 heavy (non-hydrogen) atoms. The zero-order valence-electron chi connectivity index (χ0n) is 8.67. The number of halogens is 3. The summed E-state index contributed by atoms with van der Waals surface area (Å²) in [5.41, 5.74) is -0.560. The molecular weight excluding hydrogens is 229 g/mol. The summed E-state index contributed by atoms with van der Waals surface area (Å²) in [5.74, 6) is -5.56. The molecule has 92 valence electrons. The summed E-state index contributed by atoms with van der Waals surface area (Å²) in [6.45, 7) is 2.13. The van der Waals surface area contributed by atoms with Crippen LogP contribution in [0.1, 0.15) is 13.8 Å². The Kier molecular flexibility index (Phi) is 5.00. The highest BCUT2D eigenvalue weighted by Gasteiger charge is 2.44. The molecule has 0 saturated heterocycles. The van der Waals surface area contributed by atoms with Crippen LogP contribution < -0.4 is 0 Å². The summed E-state index contributed by atoms with van der Waals surface area (Å²) >= 11 is 0. The molecule has 0 aromatic heterocycles. The molecule has 7 heteroatoms. The van der Waals surface area contributed by atoms with Gasteiger partial charge in [-0.2, -0.15) is 13.2 Å². The second-order valence-corrected chi connectivity index (χ2v) is 2.93. The molecule has 0 aliphatic carbocycles. The molecular formula is C9H11F3O4. The normalized spacial score (nSPS) is 14.4. The predicted molar refractivity (Wildman–Crippen MR) is 47.6 cm³/mol. The lowest BCUT2D eigenvalue weighted by Crippen LogP contribution is -2.31. The minimum Gasteiger partial charge on any atom is -0.478 e. The van der Waals surface area contributed by atoms with Gasteiger partial charge in [-0.3, -0.25) is 4.79 Å². The molecule has 0 saturated carbocycles. The van der Waals surface area contributed by atoms with Gasteiger partial charge in [0.05, 0.1) is 6.61 Å². The van der Waals surface area contributed by atoms with Crippen LogP contribution in [0.2, 0.25) is 0 Å². The summed E-state index contributed by atoms with van der Waals surface area (Å²) in [4.78, 5) is 21.3. The van der Waals surface area contributed by atoms with Crippen LogP contribution in [0.25, 0.3) is 0 Å². The Balaban J connectivity index is 5.05. The van der Waals surface area contributed by atoms with E-state index in [-0.39, 0.29) is 6.61 Å². The molecule has 0 heterocycles. The van der Waals surface area contributed by atoms with Crippen molar-refractivity contribution in [1.82, 2.24) is 0 Å². The van der Waals surface area contributed by atoms with Gasteiger partial charge in [0.25, 0.3) is 0 Å². The molecule has 0 amide bonds. The van der Waals surface area contributed by atoms with E-state index in [0.717, 1.165) is 6.92 Å². The van der Waals surface area contributed by atoms with Gasteiger partial charge in [0.1, 0.15) is 0 Å². The van der Waals surface area contributed by atoms with Crippen LogP contribution >= 0.6 is 0 Å². The number of carbonyl (C=O) groups is 2. The average molecular weight is 240 g/mol. The van der Waals surface area contributed by atoms with Crippen LogP contribution in [0.3, 0.4) is 0 Å². The molecule has 0 radical (unpaired) electrons. The molecule has 0 aliphatic heterocycles. The Bertz CT molecular complexity index is 306. The maximum absolute atomic E-state index is 12.4. The molecule has 0 rings (SSSR count). The largest absolute Gasteiger partial charge is 0.478 e. The first-order chi connectivity index (χ1) is 7.20. The summed E-state index contributed by atoms with van der Waals surface area (Å²) in [5, 5.41) is 8.42. The van der Waals surface area contributed by atoms with Crippen molar-refractivity contribution in [3.05, 3.63) is 11.6 Å². The zero-order chi connectivity index (χ0) is 12.9. The van der Waals surface area contributed by atoms with E-state index >= 15 is 0 Å². The minimum absolute atomic E-state index is 0.203. The topological polar surface area (TPSA) is 63.6 Å². The second kappa shape index (κ2) is 5.53. The van der Waals surface area contributed by atoms with E-state index in [1.54, 1.807) is 0 Å². The van der Waals surface area contributed by atoms with Crippen LogP contribution in [-0.2, 0) is 14.3 Å². The Hall–Kier alpha value is -1.53. The molecule has 0 bridgehead atoms. The Labute approximate surface area is 89.7 Å². The van der Waals surface area contributed by atoms with Gasteiger partial charge in [-0.25, -0.2) is 4.79 Å². The smallest absolute Gasteiger partial charge is 0.405 e. The van der Waals surface area contributed by atoms with Gasteiger partial charge in [0.15, 0.2) is 5.92 Å². The highest BCUT2D eigenvalue weighted by atomic mass is 19.4.